The standard InChI is InChI=1S/C23H28N2O7S/c1-29-20-7-3-4-8-21(20)32-19-10-9-17(33(27,28)25-11-5-2-6-12-25)15-18(19)24-23(26)22-16-30-13-14-31-22/h3-4,7-10,15,22H,2,5-6,11-14,16H2,1H3,(H,24,26). The topological polar surface area (TPSA) is 103 Å². The molecule has 2 saturated heterocycles. The molecule has 1 amide bonds. The molecule has 4 rings (SSSR count). The molecule has 10 heteroatoms. The maximum Gasteiger partial charge on any atom is 0.256 e. The predicted molar refractivity (Wildman–Crippen MR) is 121 cm³/mol. The molecule has 2 heterocycles. The molecule has 0 bridgehead atoms. The molecule has 0 spiro atoms. The van der Waals surface area contributed by atoms with Gasteiger partial charge >= 0.3 is 0 Å². The number of rotatable bonds is 7. The van der Waals surface area contributed by atoms with Crippen molar-refractivity contribution in [3.63, 3.8) is 0 Å². The Kier molecular flexibility index (Phi) is 7.49. The lowest BCUT2D eigenvalue weighted by Gasteiger charge is -2.26. The summed E-state index contributed by atoms with van der Waals surface area (Å²) >= 11 is 0. The van der Waals surface area contributed by atoms with E-state index >= 15 is 0 Å². The van der Waals surface area contributed by atoms with Crippen LogP contribution < -0.4 is 14.8 Å². The van der Waals surface area contributed by atoms with Gasteiger partial charge in [-0.3, -0.25) is 4.79 Å². The van der Waals surface area contributed by atoms with E-state index in [1.54, 1.807) is 18.2 Å². The highest BCUT2D eigenvalue weighted by Gasteiger charge is 2.28. The quantitative estimate of drug-likeness (QED) is 0.655. The largest absolute Gasteiger partial charge is 0.493 e. The first kappa shape index (κ1) is 23.5. The molecule has 1 atom stereocenters. The molecular formula is C23H28N2O7S. The molecule has 0 aromatic heterocycles. The van der Waals surface area contributed by atoms with Gasteiger partial charge in [0.05, 0.1) is 37.5 Å². The maximum atomic E-state index is 13.2. The SMILES string of the molecule is COc1ccccc1Oc1ccc(S(=O)(=O)N2CCCCC2)cc1NC(=O)C1COCCO1. The Bertz CT molecular complexity index is 1080. The van der Waals surface area contributed by atoms with Crippen LogP contribution in [0.15, 0.2) is 47.4 Å². The number of nitrogens with one attached hydrogen (secondary N) is 1. The number of benzene rings is 2. The molecule has 2 aromatic carbocycles. The molecule has 2 fully saturated rings. The molecule has 1 N–H and O–H groups in total. The van der Waals surface area contributed by atoms with Gasteiger partial charge in [-0.25, -0.2) is 8.42 Å². The summed E-state index contributed by atoms with van der Waals surface area (Å²) < 4.78 is 50.0. The fourth-order valence-electron chi connectivity index (χ4n) is 3.78. The van der Waals surface area contributed by atoms with Crippen LogP contribution in [0.5, 0.6) is 17.2 Å². The van der Waals surface area contributed by atoms with Crippen LogP contribution in [0, 0.1) is 0 Å². The first-order chi connectivity index (χ1) is 16.0. The van der Waals surface area contributed by atoms with E-state index in [9.17, 15) is 13.2 Å². The van der Waals surface area contributed by atoms with Crippen molar-refractivity contribution in [2.75, 3.05) is 45.3 Å². The van der Waals surface area contributed by atoms with E-state index in [0.29, 0.717) is 37.8 Å². The third kappa shape index (κ3) is 5.47. The number of sulfonamides is 1. The minimum absolute atomic E-state index is 0.0906. The molecular weight excluding hydrogens is 448 g/mol. The van der Waals surface area contributed by atoms with Crippen molar-refractivity contribution in [2.45, 2.75) is 30.3 Å². The second-order valence-corrected chi connectivity index (χ2v) is 9.74. The van der Waals surface area contributed by atoms with Gasteiger partial charge < -0.3 is 24.3 Å². The lowest BCUT2D eigenvalue weighted by molar-refractivity contribution is -0.142. The van der Waals surface area contributed by atoms with Crippen LogP contribution in [0.1, 0.15) is 19.3 Å². The predicted octanol–water partition coefficient (Wildman–Crippen LogP) is 3.02. The summed E-state index contributed by atoms with van der Waals surface area (Å²) in [5.41, 5.74) is 0.221. The number of amides is 1. The van der Waals surface area contributed by atoms with Crippen molar-refractivity contribution >= 4 is 21.6 Å². The lowest BCUT2D eigenvalue weighted by Crippen LogP contribution is -2.39. The van der Waals surface area contributed by atoms with E-state index in [1.807, 2.05) is 6.07 Å². The van der Waals surface area contributed by atoms with Gasteiger partial charge in [-0.1, -0.05) is 18.6 Å². The van der Waals surface area contributed by atoms with E-state index in [2.05, 4.69) is 5.32 Å². The van der Waals surface area contributed by atoms with Gasteiger partial charge in [-0.15, -0.1) is 0 Å². The Labute approximate surface area is 193 Å². The van der Waals surface area contributed by atoms with Gasteiger partial charge in [0.15, 0.2) is 23.4 Å². The van der Waals surface area contributed by atoms with Gasteiger partial charge in [-0.2, -0.15) is 4.31 Å². The van der Waals surface area contributed by atoms with Gasteiger partial charge in [-0.05, 0) is 43.2 Å². The maximum absolute atomic E-state index is 13.2. The summed E-state index contributed by atoms with van der Waals surface area (Å²) in [7, 11) is -2.17. The first-order valence-corrected chi connectivity index (χ1v) is 12.4. The molecule has 1 unspecified atom stereocenters. The third-order valence-electron chi connectivity index (χ3n) is 5.56. The molecule has 0 saturated carbocycles. The van der Waals surface area contributed by atoms with Crippen LogP contribution in [0.25, 0.3) is 0 Å². The average Bonchev–Trinajstić information content (AvgIpc) is 2.86. The summed E-state index contributed by atoms with van der Waals surface area (Å²) in [4.78, 5) is 12.9. The molecule has 2 aliphatic rings. The number of nitrogens with zero attached hydrogens (tertiary/aromatic N) is 1. The van der Waals surface area contributed by atoms with Gasteiger partial charge in [0, 0.05) is 13.1 Å². The van der Waals surface area contributed by atoms with Crippen LogP contribution in [-0.4, -0.2) is 64.8 Å². The van der Waals surface area contributed by atoms with E-state index < -0.39 is 22.0 Å². The highest BCUT2D eigenvalue weighted by Crippen LogP contribution is 2.37. The summed E-state index contributed by atoms with van der Waals surface area (Å²) in [6.45, 7) is 1.83. The molecule has 0 radical (unpaired) electrons. The zero-order chi connectivity index (χ0) is 23.3. The highest BCUT2D eigenvalue weighted by atomic mass is 32.2. The first-order valence-electron chi connectivity index (χ1n) is 10.9. The number of ether oxygens (including phenoxy) is 4. The average molecular weight is 477 g/mol. The van der Waals surface area contributed by atoms with Crippen LogP contribution >= 0.6 is 0 Å². The normalized spacial score (nSPS) is 19.6. The highest BCUT2D eigenvalue weighted by molar-refractivity contribution is 7.89. The van der Waals surface area contributed by atoms with Crippen LogP contribution in [0.3, 0.4) is 0 Å². The Balaban J connectivity index is 1.66. The van der Waals surface area contributed by atoms with Crippen molar-refractivity contribution in [2.24, 2.45) is 0 Å². The van der Waals surface area contributed by atoms with Crippen LogP contribution in [0.2, 0.25) is 0 Å². The summed E-state index contributed by atoms with van der Waals surface area (Å²) in [6, 6.07) is 11.5. The van der Waals surface area contributed by atoms with E-state index in [-0.39, 0.29) is 22.9 Å². The molecule has 178 valence electrons. The molecule has 0 aliphatic carbocycles. The Morgan fingerprint density at radius 1 is 1.03 bits per heavy atom. The molecule has 9 nitrogen and oxygen atoms in total. The van der Waals surface area contributed by atoms with Crippen molar-refractivity contribution in [3.8, 4) is 17.2 Å². The summed E-state index contributed by atoms with van der Waals surface area (Å²) in [5, 5.41) is 2.76. The van der Waals surface area contributed by atoms with Crippen molar-refractivity contribution < 1.29 is 32.2 Å². The smallest absolute Gasteiger partial charge is 0.256 e. The van der Waals surface area contributed by atoms with Gasteiger partial charge in [0.25, 0.3) is 5.91 Å². The minimum atomic E-state index is -3.70. The number of carbonyl (C=O) groups is 1. The number of methoxy groups -OCH3 is 1. The summed E-state index contributed by atoms with van der Waals surface area (Å²) in [5.74, 6) is 0.775. The molecule has 33 heavy (non-hydrogen) atoms. The van der Waals surface area contributed by atoms with Crippen LogP contribution in [0.4, 0.5) is 5.69 Å². The Morgan fingerprint density at radius 3 is 2.48 bits per heavy atom. The van der Waals surface area contributed by atoms with Crippen LogP contribution in [-0.2, 0) is 24.3 Å². The number of anilines is 1. The zero-order valence-electron chi connectivity index (χ0n) is 18.5. The molecule has 2 aromatic rings. The van der Waals surface area contributed by atoms with Crippen molar-refractivity contribution in [1.82, 2.24) is 4.31 Å². The Hall–Kier alpha value is -2.66. The second-order valence-electron chi connectivity index (χ2n) is 7.80. The van der Waals surface area contributed by atoms with Crippen molar-refractivity contribution in [3.05, 3.63) is 42.5 Å². The number of hydrogen-bond acceptors (Lipinski definition) is 7. The fourth-order valence-corrected chi connectivity index (χ4v) is 5.33. The second kappa shape index (κ2) is 10.5. The number of piperidine rings is 1. The fraction of sp³-hybridized carbons (Fsp3) is 0.435. The number of carbonyl (C=O) groups excluding carboxylic acids is 1. The Morgan fingerprint density at radius 2 is 1.79 bits per heavy atom. The van der Waals surface area contributed by atoms with E-state index in [1.165, 1.54) is 29.6 Å². The number of hydrogen-bond donors (Lipinski definition) is 1. The number of para-hydroxylation sites is 2. The van der Waals surface area contributed by atoms with E-state index in [4.69, 9.17) is 18.9 Å². The monoisotopic (exact) mass is 476 g/mol. The lowest BCUT2D eigenvalue weighted by atomic mass is 10.2. The third-order valence-corrected chi connectivity index (χ3v) is 7.45. The molecule has 2 aliphatic heterocycles. The van der Waals surface area contributed by atoms with Gasteiger partial charge in [0.1, 0.15) is 0 Å². The van der Waals surface area contributed by atoms with Gasteiger partial charge in [0.2, 0.25) is 10.0 Å². The van der Waals surface area contributed by atoms with Crippen molar-refractivity contribution in [1.29, 1.82) is 0 Å². The minimum Gasteiger partial charge on any atom is -0.493 e. The summed E-state index contributed by atoms with van der Waals surface area (Å²) in [6.07, 6.45) is 1.89. The zero-order valence-corrected chi connectivity index (χ0v) is 19.3. The van der Waals surface area contributed by atoms with E-state index in [0.717, 1.165) is 19.3 Å².